The molecule has 2 N–H and O–H groups in total. The summed E-state index contributed by atoms with van der Waals surface area (Å²) in [6.07, 6.45) is 2.42. The Morgan fingerprint density at radius 1 is 1.08 bits per heavy atom. The lowest BCUT2D eigenvalue weighted by Gasteiger charge is -2.25. The van der Waals surface area contributed by atoms with Crippen LogP contribution in [0.25, 0.3) is 10.9 Å². The van der Waals surface area contributed by atoms with Crippen molar-refractivity contribution in [1.29, 1.82) is 0 Å². The molecule has 3 heterocycles. The first-order valence-corrected chi connectivity index (χ1v) is 13.4. The largest absolute Gasteiger partial charge is 0.494 e. The number of amides is 2. The molecule has 0 saturated carbocycles. The van der Waals surface area contributed by atoms with Crippen molar-refractivity contribution in [2.75, 3.05) is 17.7 Å². The van der Waals surface area contributed by atoms with E-state index in [1.807, 2.05) is 73.8 Å². The Kier molecular flexibility index (Phi) is 6.43. The zero-order valence-electron chi connectivity index (χ0n) is 20.7. The van der Waals surface area contributed by atoms with Gasteiger partial charge in [0.1, 0.15) is 17.6 Å². The molecule has 8 nitrogen and oxygen atoms in total. The van der Waals surface area contributed by atoms with E-state index >= 15 is 0 Å². The van der Waals surface area contributed by atoms with Gasteiger partial charge < -0.3 is 15.0 Å². The number of carbonyl (C=O) groups excluding carboxylic acids is 2. The molecule has 0 aliphatic carbocycles. The Morgan fingerprint density at radius 2 is 1.87 bits per heavy atom. The van der Waals surface area contributed by atoms with E-state index < -0.39 is 6.04 Å². The van der Waals surface area contributed by atoms with Gasteiger partial charge in [-0.05, 0) is 55.0 Å². The molecular formula is C29H25N5O3S. The number of anilines is 1. The highest BCUT2D eigenvalue weighted by molar-refractivity contribution is 8.14. The number of thioether (sulfide) groups is 1. The monoisotopic (exact) mass is 523 g/mol. The average molecular weight is 524 g/mol. The van der Waals surface area contributed by atoms with Crippen molar-refractivity contribution in [3.63, 3.8) is 0 Å². The molecule has 0 bridgehead atoms. The summed E-state index contributed by atoms with van der Waals surface area (Å²) in [5.41, 5.74) is 4.29. The molecule has 3 aromatic carbocycles. The Labute approximate surface area is 223 Å². The number of hydrogen-bond acceptors (Lipinski definition) is 6. The van der Waals surface area contributed by atoms with Crippen LogP contribution in [-0.4, -0.2) is 51.1 Å². The maximum Gasteiger partial charge on any atom is 0.259 e. The van der Waals surface area contributed by atoms with Crippen LogP contribution in [0.1, 0.15) is 18.1 Å². The molecular weight excluding hydrogens is 498 g/mol. The highest BCUT2D eigenvalue weighted by Crippen LogP contribution is 2.34. The van der Waals surface area contributed by atoms with Gasteiger partial charge in [-0.1, -0.05) is 42.1 Å². The van der Waals surface area contributed by atoms with Crippen LogP contribution in [0.3, 0.4) is 0 Å². The fourth-order valence-corrected chi connectivity index (χ4v) is 5.47. The van der Waals surface area contributed by atoms with Gasteiger partial charge in [-0.2, -0.15) is 0 Å². The summed E-state index contributed by atoms with van der Waals surface area (Å²) in [5, 5.41) is 4.43. The van der Waals surface area contributed by atoms with Gasteiger partial charge in [0.15, 0.2) is 5.17 Å². The van der Waals surface area contributed by atoms with Crippen LogP contribution in [0.2, 0.25) is 0 Å². The van der Waals surface area contributed by atoms with Gasteiger partial charge in [0.2, 0.25) is 5.91 Å². The summed E-state index contributed by atoms with van der Waals surface area (Å²) in [6.45, 7) is 2.50. The summed E-state index contributed by atoms with van der Waals surface area (Å²) in [5.74, 6) is 1.09. The van der Waals surface area contributed by atoms with Crippen LogP contribution in [-0.2, 0) is 16.0 Å². The van der Waals surface area contributed by atoms with E-state index in [2.05, 4.69) is 10.3 Å². The predicted molar refractivity (Wildman–Crippen MR) is 151 cm³/mol. The number of hydrogen-bond donors (Lipinski definition) is 2. The van der Waals surface area contributed by atoms with Gasteiger partial charge >= 0.3 is 0 Å². The summed E-state index contributed by atoms with van der Waals surface area (Å²) in [6, 6.07) is 22.3. The number of nitrogens with one attached hydrogen (secondary N) is 2. The minimum atomic E-state index is -0.571. The smallest absolute Gasteiger partial charge is 0.259 e. The van der Waals surface area contributed by atoms with Gasteiger partial charge in [-0.15, -0.1) is 0 Å². The number of carbonyl (C=O) groups is 2. The Balaban J connectivity index is 1.20. The lowest BCUT2D eigenvalue weighted by Crippen LogP contribution is -2.41. The standard InChI is InChI=1S/C29H25N5O3S/c1-2-37-20-13-11-19(12-14-20)31-26(35)17-38-29-33-24-10-6-4-8-22(24)27-32-25(28(36)34(27)29)15-18-16-30-23-9-5-3-7-21(18)23/h3-14,16,25,30H,2,15,17H2,1H3,(H,31,35). The van der Waals surface area contributed by atoms with Crippen molar-refractivity contribution < 1.29 is 14.3 Å². The number of ether oxygens (including phenoxy) is 1. The van der Waals surface area contributed by atoms with Crippen LogP contribution in [0, 0.1) is 0 Å². The molecule has 9 heteroatoms. The van der Waals surface area contributed by atoms with Crippen LogP contribution >= 0.6 is 11.8 Å². The maximum atomic E-state index is 13.6. The first kappa shape index (κ1) is 24.0. The van der Waals surface area contributed by atoms with Crippen molar-refractivity contribution >= 4 is 56.9 Å². The van der Waals surface area contributed by atoms with Crippen LogP contribution in [0.15, 0.2) is 89.0 Å². The number of H-pyrrole nitrogens is 1. The first-order chi connectivity index (χ1) is 18.6. The van der Waals surface area contributed by atoms with Crippen molar-refractivity contribution in [3.8, 4) is 5.75 Å². The third-order valence-electron chi connectivity index (χ3n) is 6.42. The maximum absolute atomic E-state index is 13.6. The Bertz CT molecular complexity index is 1590. The molecule has 2 amide bonds. The first-order valence-electron chi connectivity index (χ1n) is 12.4. The molecule has 1 atom stereocenters. The highest BCUT2D eigenvalue weighted by Gasteiger charge is 2.41. The van der Waals surface area contributed by atoms with E-state index in [1.54, 1.807) is 17.0 Å². The third kappa shape index (κ3) is 4.56. The van der Waals surface area contributed by atoms with Crippen LogP contribution in [0.4, 0.5) is 11.4 Å². The second kappa shape index (κ2) is 10.2. The number of aliphatic imine (C=N–C) groups is 2. The van der Waals surface area contributed by atoms with Crippen molar-refractivity contribution in [1.82, 2.24) is 9.88 Å². The molecule has 0 saturated heterocycles. The fourth-order valence-electron chi connectivity index (χ4n) is 4.67. The molecule has 2 aliphatic rings. The molecule has 0 radical (unpaired) electrons. The second-order valence-electron chi connectivity index (χ2n) is 8.91. The number of nitrogens with zero attached hydrogens (tertiary/aromatic N) is 3. The molecule has 2 aliphatic heterocycles. The molecule has 6 rings (SSSR count). The molecule has 1 aromatic heterocycles. The topological polar surface area (TPSA) is 99.1 Å². The van der Waals surface area contributed by atoms with Crippen molar-refractivity contribution in [2.24, 2.45) is 9.98 Å². The number of aromatic amines is 1. The van der Waals surface area contributed by atoms with Gasteiger partial charge in [-0.3, -0.25) is 14.6 Å². The summed E-state index contributed by atoms with van der Waals surface area (Å²) in [7, 11) is 0. The number of fused-ring (bicyclic) bond motifs is 4. The van der Waals surface area contributed by atoms with E-state index in [9.17, 15) is 9.59 Å². The number of amidine groups is 2. The lowest BCUT2D eigenvalue weighted by atomic mass is 10.1. The SMILES string of the molecule is CCOc1ccc(NC(=O)CSC2=Nc3ccccc3C3=NC(Cc4c[nH]c5ccccc45)C(=O)N23)cc1. The van der Waals surface area contributed by atoms with Gasteiger partial charge in [0.05, 0.1) is 18.0 Å². The molecule has 4 aromatic rings. The normalized spacial score (nSPS) is 16.1. The second-order valence-corrected chi connectivity index (χ2v) is 9.85. The number of para-hydroxylation sites is 2. The van der Waals surface area contributed by atoms with Crippen LogP contribution in [0.5, 0.6) is 5.75 Å². The fraction of sp³-hybridized carbons (Fsp3) is 0.172. The minimum absolute atomic E-state index is 0.0956. The van der Waals surface area contributed by atoms with E-state index in [-0.39, 0.29) is 17.6 Å². The number of benzene rings is 3. The Morgan fingerprint density at radius 3 is 2.71 bits per heavy atom. The minimum Gasteiger partial charge on any atom is -0.494 e. The lowest BCUT2D eigenvalue weighted by molar-refractivity contribution is -0.124. The molecule has 38 heavy (non-hydrogen) atoms. The van der Waals surface area contributed by atoms with Gasteiger partial charge in [0.25, 0.3) is 5.91 Å². The summed E-state index contributed by atoms with van der Waals surface area (Å²) >= 11 is 1.22. The molecule has 0 fully saturated rings. The third-order valence-corrected chi connectivity index (χ3v) is 7.36. The van der Waals surface area contributed by atoms with E-state index in [1.165, 1.54) is 11.8 Å². The summed E-state index contributed by atoms with van der Waals surface area (Å²) in [4.78, 5) is 40.8. The quantitative estimate of drug-likeness (QED) is 0.350. The molecule has 0 spiro atoms. The number of rotatable bonds is 7. The zero-order valence-corrected chi connectivity index (χ0v) is 21.5. The van der Waals surface area contributed by atoms with E-state index in [0.717, 1.165) is 33.5 Å². The van der Waals surface area contributed by atoms with E-state index in [0.29, 0.717) is 29.7 Å². The predicted octanol–water partition coefficient (Wildman–Crippen LogP) is 5.14. The Hall–Kier alpha value is -4.37. The number of aromatic nitrogens is 1. The molecule has 1 unspecified atom stereocenters. The molecule has 190 valence electrons. The average Bonchev–Trinajstić information content (AvgIpc) is 3.50. The van der Waals surface area contributed by atoms with Crippen molar-refractivity contribution in [2.45, 2.75) is 19.4 Å². The van der Waals surface area contributed by atoms with Crippen molar-refractivity contribution in [3.05, 3.63) is 90.1 Å². The van der Waals surface area contributed by atoms with Gasteiger partial charge in [0, 0.05) is 34.8 Å². The highest BCUT2D eigenvalue weighted by atomic mass is 32.2. The van der Waals surface area contributed by atoms with Crippen LogP contribution < -0.4 is 10.1 Å². The van der Waals surface area contributed by atoms with E-state index in [4.69, 9.17) is 14.7 Å². The zero-order chi connectivity index (χ0) is 26.1. The van der Waals surface area contributed by atoms with Gasteiger partial charge in [-0.25, -0.2) is 9.89 Å². The summed E-state index contributed by atoms with van der Waals surface area (Å²) < 4.78 is 5.45.